The van der Waals surface area contributed by atoms with Crippen LogP contribution >= 0.6 is 11.6 Å². The maximum absolute atomic E-state index is 13.6. The lowest BCUT2D eigenvalue weighted by Crippen LogP contribution is -2.28. The van der Waals surface area contributed by atoms with Crippen molar-refractivity contribution < 1.29 is 12.8 Å². The van der Waals surface area contributed by atoms with Gasteiger partial charge in [-0.05, 0) is 30.5 Å². The van der Waals surface area contributed by atoms with Crippen LogP contribution in [0.3, 0.4) is 0 Å². The zero-order valence-electron chi connectivity index (χ0n) is 9.20. The van der Waals surface area contributed by atoms with E-state index in [-0.39, 0.29) is 10.8 Å². The summed E-state index contributed by atoms with van der Waals surface area (Å²) < 4.78 is 39.3. The number of sulfonamides is 1. The molecule has 1 fully saturated rings. The van der Waals surface area contributed by atoms with Crippen molar-refractivity contribution in [3.8, 4) is 0 Å². The van der Waals surface area contributed by atoms with Crippen LogP contribution in [0.25, 0.3) is 0 Å². The monoisotopic (exact) mass is 277 g/mol. The van der Waals surface area contributed by atoms with E-state index in [9.17, 15) is 12.8 Å². The Bertz CT molecular complexity index is 512. The predicted octanol–water partition coefficient (Wildman–Crippen LogP) is 2.35. The van der Waals surface area contributed by atoms with Crippen LogP contribution in [0.1, 0.15) is 18.4 Å². The Morgan fingerprint density at radius 1 is 1.29 bits per heavy atom. The van der Waals surface area contributed by atoms with Crippen molar-refractivity contribution in [1.29, 1.82) is 0 Å². The SMILES string of the molecule is O=S(=O)(c1cc(CCl)ccc1F)N1CCCC1. The molecule has 0 N–H and O–H groups in total. The first-order chi connectivity index (χ1) is 8.05. The van der Waals surface area contributed by atoms with E-state index in [1.54, 1.807) is 0 Å². The fourth-order valence-electron chi connectivity index (χ4n) is 1.90. The second-order valence-corrected chi connectivity index (χ2v) is 6.18. The highest BCUT2D eigenvalue weighted by molar-refractivity contribution is 7.89. The summed E-state index contributed by atoms with van der Waals surface area (Å²) in [4.78, 5) is -0.266. The predicted molar refractivity (Wildman–Crippen MR) is 63.9 cm³/mol. The van der Waals surface area contributed by atoms with Crippen molar-refractivity contribution in [3.05, 3.63) is 29.6 Å². The van der Waals surface area contributed by atoms with Gasteiger partial charge in [-0.3, -0.25) is 0 Å². The van der Waals surface area contributed by atoms with Gasteiger partial charge in [0.2, 0.25) is 10.0 Å². The van der Waals surface area contributed by atoms with Crippen molar-refractivity contribution in [2.24, 2.45) is 0 Å². The van der Waals surface area contributed by atoms with Gasteiger partial charge in [-0.1, -0.05) is 6.07 Å². The minimum absolute atomic E-state index is 0.169. The molecule has 2 rings (SSSR count). The molecule has 1 aromatic rings. The van der Waals surface area contributed by atoms with Crippen molar-refractivity contribution in [3.63, 3.8) is 0 Å². The number of benzene rings is 1. The molecule has 1 saturated heterocycles. The normalized spacial score (nSPS) is 17.5. The first kappa shape index (κ1) is 12.8. The van der Waals surface area contributed by atoms with Gasteiger partial charge in [0, 0.05) is 19.0 Å². The van der Waals surface area contributed by atoms with Crippen LogP contribution in [0.2, 0.25) is 0 Å². The summed E-state index contributed by atoms with van der Waals surface area (Å²) >= 11 is 5.63. The van der Waals surface area contributed by atoms with E-state index < -0.39 is 15.8 Å². The number of alkyl halides is 1. The van der Waals surface area contributed by atoms with Gasteiger partial charge < -0.3 is 0 Å². The highest BCUT2D eigenvalue weighted by Crippen LogP contribution is 2.24. The molecule has 0 spiro atoms. The molecule has 0 aliphatic carbocycles. The minimum Gasteiger partial charge on any atom is -0.207 e. The summed E-state index contributed by atoms with van der Waals surface area (Å²) in [6.07, 6.45) is 1.66. The third-order valence-corrected chi connectivity index (χ3v) is 5.06. The van der Waals surface area contributed by atoms with E-state index in [0.717, 1.165) is 18.9 Å². The van der Waals surface area contributed by atoms with E-state index in [2.05, 4.69) is 0 Å². The van der Waals surface area contributed by atoms with E-state index in [4.69, 9.17) is 11.6 Å². The third-order valence-electron chi connectivity index (χ3n) is 2.83. The summed E-state index contributed by atoms with van der Waals surface area (Å²) in [5.74, 6) is -0.547. The Labute approximate surface area is 105 Å². The van der Waals surface area contributed by atoms with Crippen LogP contribution in [-0.2, 0) is 15.9 Å². The summed E-state index contributed by atoms with van der Waals surface area (Å²) in [6.45, 7) is 0.930. The van der Waals surface area contributed by atoms with Crippen LogP contribution in [0.4, 0.5) is 4.39 Å². The molecule has 1 aliphatic heterocycles. The fraction of sp³-hybridized carbons (Fsp3) is 0.455. The standard InChI is InChI=1S/C11H13ClFNO2S/c12-8-9-3-4-10(13)11(7-9)17(15,16)14-5-1-2-6-14/h3-4,7H,1-2,5-6,8H2. The Morgan fingerprint density at radius 2 is 1.94 bits per heavy atom. The molecule has 1 heterocycles. The van der Waals surface area contributed by atoms with Crippen LogP contribution in [0.5, 0.6) is 0 Å². The first-order valence-electron chi connectivity index (χ1n) is 5.40. The Balaban J connectivity index is 2.44. The minimum atomic E-state index is -3.70. The van der Waals surface area contributed by atoms with E-state index in [1.165, 1.54) is 16.4 Å². The first-order valence-corrected chi connectivity index (χ1v) is 7.37. The number of hydrogen-bond donors (Lipinski definition) is 0. The van der Waals surface area contributed by atoms with Gasteiger partial charge in [-0.25, -0.2) is 12.8 Å². The molecule has 0 unspecified atom stereocenters. The lowest BCUT2D eigenvalue weighted by Gasteiger charge is -2.16. The summed E-state index contributed by atoms with van der Waals surface area (Å²) in [5.41, 5.74) is 0.603. The van der Waals surface area contributed by atoms with Gasteiger partial charge >= 0.3 is 0 Å². The molecule has 0 aromatic heterocycles. The molecule has 0 bridgehead atoms. The average molecular weight is 278 g/mol. The second kappa shape index (κ2) is 4.92. The smallest absolute Gasteiger partial charge is 0.207 e. The highest BCUT2D eigenvalue weighted by Gasteiger charge is 2.29. The molecule has 1 aliphatic rings. The van der Waals surface area contributed by atoms with Crippen molar-refractivity contribution in [2.45, 2.75) is 23.6 Å². The summed E-state index contributed by atoms with van der Waals surface area (Å²) in [6, 6.07) is 3.96. The number of halogens is 2. The van der Waals surface area contributed by atoms with Crippen molar-refractivity contribution in [2.75, 3.05) is 13.1 Å². The van der Waals surface area contributed by atoms with Gasteiger partial charge in [0.15, 0.2) is 0 Å². The Morgan fingerprint density at radius 3 is 2.53 bits per heavy atom. The lowest BCUT2D eigenvalue weighted by molar-refractivity contribution is 0.469. The number of nitrogens with zero attached hydrogens (tertiary/aromatic N) is 1. The molecular weight excluding hydrogens is 265 g/mol. The van der Waals surface area contributed by atoms with Gasteiger partial charge in [0.25, 0.3) is 0 Å². The van der Waals surface area contributed by atoms with Gasteiger partial charge in [-0.15, -0.1) is 11.6 Å². The molecule has 0 atom stereocenters. The van der Waals surface area contributed by atoms with Crippen LogP contribution in [-0.4, -0.2) is 25.8 Å². The lowest BCUT2D eigenvalue weighted by atomic mass is 10.2. The van der Waals surface area contributed by atoms with Crippen molar-refractivity contribution in [1.82, 2.24) is 4.31 Å². The number of hydrogen-bond acceptors (Lipinski definition) is 2. The molecule has 0 radical (unpaired) electrons. The Hall–Kier alpha value is -0.650. The van der Waals surface area contributed by atoms with Crippen LogP contribution < -0.4 is 0 Å². The van der Waals surface area contributed by atoms with Gasteiger partial charge in [-0.2, -0.15) is 4.31 Å². The van der Waals surface area contributed by atoms with E-state index in [1.807, 2.05) is 0 Å². The second-order valence-electron chi connectivity index (χ2n) is 4.01. The summed E-state index contributed by atoms with van der Waals surface area (Å²) in [5, 5.41) is 0. The molecule has 0 saturated carbocycles. The third kappa shape index (κ3) is 2.46. The largest absolute Gasteiger partial charge is 0.245 e. The highest BCUT2D eigenvalue weighted by atomic mass is 35.5. The van der Waals surface area contributed by atoms with Gasteiger partial charge in [0.1, 0.15) is 10.7 Å². The fourth-order valence-corrected chi connectivity index (χ4v) is 3.69. The van der Waals surface area contributed by atoms with Crippen LogP contribution in [0.15, 0.2) is 23.1 Å². The molecule has 1 aromatic carbocycles. The van der Waals surface area contributed by atoms with Crippen LogP contribution in [0, 0.1) is 5.82 Å². The van der Waals surface area contributed by atoms with E-state index >= 15 is 0 Å². The Kier molecular flexibility index (Phi) is 3.70. The van der Waals surface area contributed by atoms with Crippen molar-refractivity contribution >= 4 is 21.6 Å². The average Bonchev–Trinajstić information content (AvgIpc) is 2.83. The topological polar surface area (TPSA) is 37.4 Å². The number of rotatable bonds is 3. The molecule has 6 heteroatoms. The maximum Gasteiger partial charge on any atom is 0.245 e. The molecule has 17 heavy (non-hydrogen) atoms. The molecule has 94 valence electrons. The summed E-state index contributed by atoms with van der Waals surface area (Å²) in [7, 11) is -3.70. The molecule has 0 amide bonds. The quantitative estimate of drug-likeness (QED) is 0.796. The molecular formula is C11H13ClFNO2S. The maximum atomic E-state index is 13.6. The zero-order valence-corrected chi connectivity index (χ0v) is 10.8. The van der Waals surface area contributed by atoms with Gasteiger partial charge in [0.05, 0.1) is 0 Å². The molecule has 3 nitrogen and oxygen atoms in total. The van der Waals surface area contributed by atoms with E-state index in [0.29, 0.717) is 18.7 Å². The zero-order chi connectivity index (χ0) is 12.5.